The van der Waals surface area contributed by atoms with Crippen LogP contribution in [0.2, 0.25) is 0 Å². The van der Waals surface area contributed by atoms with E-state index >= 15 is 0 Å². The summed E-state index contributed by atoms with van der Waals surface area (Å²) in [5.41, 5.74) is 5.29. The molecule has 0 bridgehead atoms. The number of benzene rings is 1. The SMILES string of the molecule is Cn1c(-c2cccc(O)c2)cc2c1CCCCC2. The molecule has 1 aliphatic rings. The Balaban J connectivity index is 2.08. The summed E-state index contributed by atoms with van der Waals surface area (Å²) in [5, 5.41) is 9.60. The molecule has 0 unspecified atom stereocenters. The van der Waals surface area contributed by atoms with Gasteiger partial charge in [0.05, 0.1) is 0 Å². The van der Waals surface area contributed by atoms with Gasteiger partial charge in [-0.05, 0) is 49.4 Å². The Hall–Kier alpha value is -1.70. The van der Waals surface area contributed by atoms with Gasteiger partial charge < -0.3 is 9.67 Å². The number of phenols is 1. The molecule has 2 aromatic rings. The van der Waals surface area contributed by atoms with Crippen molar-refractivity contribution in [2.75, 3.05) is 0 Å². The Morgan fingerprint density at radius 3 is 2.72 bits per heavy atom. The standard InChI is InChI=1S/C16H19NO/c1-17-15-9-4-2-3-6-13(15)11-16(17)12-7-5-8-14(18)10-12/h5,7-8,10-11,18H,2-4,6,9H2,1H3. The van der Waals surface area contributed by atoms with E-state index in [1.807, 2.05) is 12.1 Å². The van der Waals surface area contributed by atoms with Gasteiger partial charge in [0.2, 0.25) is 0 Å². The maximum absolute atomic E-state index is 9.60. The lowest BCUT2D eigenvalue weighted by Crippen LogP contribution is -1.99. The number of aromatic hydroxyl groups is 1. The zero-order chi connectivity index (χ0) is 12.5. The number of fused-ring (bicyclic) bond motifs is 1. The minimum Gasteiger partial charge on any atom is -0.508 e. The highest BCUT2D eigenvalue weighted by atomic mass is 16.3. The molecule has 0 spiro atoms. The average molecular weight is 241 g/mol. The number of hydrogen-bond acceptors (Lipinski definition) is 1. The summed E-state index contributed by atoms with van der Waals surface area (Å²) in [6, 6.07) is 9.83. The van der Waals surface area contributed by atoms with E-state index in [1.54, 1.807) is 6.07 Å². The molecule has 1 aliphatic carbocycles. The van der Waals surface area contributed by atoms with Crippen molar-refractivity contribution in [3.05, 3.63) is 41.6 Å². The summed E-state index contributed by atoms with van der Waals surface area (Å²) in [6.45, 7) is 0. The van der Waals surface area contributed by atoms with E-state index in [4.69, 9.17) is 0 Å². The van der Waals surface area contributed by atoms with E-state index in [0.717, 1.165) is 5.56 Å². The van der Waals surface area contributed by atoms with E-state index < -0.39 is 0 Å². The second-order valence-corrected chi connectivity index (χ2v) is 5.17. The Kier molecular flexibility index (Phi) is 2.86. The number of hydrogen-bond donors (Lipinski definition) is 1. The summed E-state index contributed by atoms with van der Waals surface area (Å²) in [7, 11) is 2.14. The first-order chi connectivity index (χ1) is 8.75. The van der Waals surface area contributed by atoms with Crippen molar-refractivity contribution >= 4 is 0 Å². The first-order valence-corrected chi connectivity index (χ1v) is 6.72. The maximum atomic E-state index is 9.60. The van der Waals surface area contributed by atoms with Crippen LogP contribution in [0, 0.1) is 0 Å². The molecule has 0 fully saturated rings. The predicted molar refractivity (Wildman–Crippen MR) is 73.8 cm³/mol. The first kappa shape index (κ1) is 11.4. The normalized spacial score (nSPS) is 15.2. The van der Waals surface area contributed by atoms with Gasteiger partial charge in [-0.15, -0.1) is 0 Å². The number of nitrogens with zero attached hydrogens (tertiary/aromatic N) is 1. The van der Waals surface area contributed by atoms with Gasteiger partial charge in [-0.1, -0.05) is 18.6 Å². The Bertz CT molecular complexity index is 568. The first-order valence-electron chi connectivity index (χ1n) is 6.72. The third-order valence-electron chi connectivity index (χ3n) is 3.95. The zero-order valence-corrected chi connectivity index (χ0v) is 10.8. The molecule has 0 amide bonds. The van der Waals surface area contributed by atoms with Gasteiger partial charge >= 0.3 is 0 Å². The molecule has 0 atom stereocenters. The highest BCUT2D eigenvalue weighted by molar-refractivity contribution is 5.64. The second-order valence-electron chi connectivity index (χ2n) is 5.17. The van der Waals surface area contributed by atoms with Gasteiger partial charge in [0.15, 0.2) is 0 Å². The predicted octanol–water partition coefficient (Wildman–Crippen LogP) is 3.67. The highest BCUT2D eigenvalue weighted by Crippen LogP contribution is 2.30. The highest BCUT2D eigenvalue weighted by Gasteiger charge is 2.15. The van der Waals surface area contributed by atoms with E-state index in [-0.39, 0.29) is 0 Å². The van der Waals surface area contributed by atoms with Crippen molar-refractivity contribution in [1.29, 1.82) is 0 Å². The largest absolute Gasteiger partial charge is 0.508 e. The van der Waals surface area contributed by atoms with Gasteiger partial charge in [0, 0.05) is 24.0 Å². The minimum absolute atomic E-state index is 0.337. The Labute approximate surface area is 108 Å². The van der Waals surface area contributed by atoms with Crippen LogP contribution in [0.15, 0.2) is 30.3 Å². The molecule has 0 saturated heterocycles. The summed E-state index contributed by atoms with van der Waals surface area (Å²) in [6.07, 6.45) is 6.32. The van der Waals surface area contributed by atoms with Crippen LogP contribution in [-0.2, 0) is 19.9 Å². The molecule has 94 valence electrons. The molecule has 1 N–H and O–H groups in total. The van der Waals surface area contributed by atoms with Crippen LogP contribution in [0.1, 0.15) is 30.5 Å². The quantitative estimate of drug-likeness (QED) is 0.757. The van der Waals surface area contributed by atoms with Gasteiger partial charge in [-0.3, -0.25) is 0 Å². The van der Waals surface area contributed by atoms with Crippen molar-refractivity contribution in [3.63, 3.8) is 0 Å². The fourth-order valence-corrected chi connectivity index (χ4v) is 2.98. The average Bonchev–Trinajstić information content (AvgIpc) is 2.55. The Morgan fingerprint density at radius 2 is 1.89 bits per heavy atom. The monoisotopic (exact) mass is 241 g/mol. The van der Waals surface area contributed by atoms with Gasteiger partial charge in [-0.25, -0.2) is 0 Å². The number of aryl methyl sites for hydroxylation is 1. The molecule has 0 radical (unpaired) electrons. The fraction of sp³-hybridized carbons (Fsp3) is 0.375. The van der Waals surface area contributed by atoms with E-state index in [1.165, 1.54) is 49.1 Å². The topological polar surface area (TPSA) is 25.2 Å². The van der Waals surface area contributed by atoms with Gasteiger partial charge in [0.1, 0.15) is 5.75 Å². The van der Waals surface area contributed by atoms with Crippen LogP contribution >= 0.6 is 0 Å². The molecule has 1 aromatic heterocycles. The van der Waals surface area contributed by atoms with Crippen LogP contribution < -0.4 is 0 Å². The zero-order valence-electron chi connectivity index (χ0n) is 10.8. The minimum atomic E-state index is 0.337. The molecule has 2 nitrogen and oxygen atoms in total. The lowest BCUT2D eigenvalue weighted by molar-refractivity contribution is 0.475. The Morgan fingerprint density at radius 1 is 1.06 bits per heavy atom. The summed E-state index contributed by atoms with van der Waals surface area (Å²) in [5.74, 6) is 0.337. The summed E-state index contributed by atoms with van der Waals surface area (Å²) >= 11 is 0. The van der Waals surface area contributed by atoms with Crippen LogP contribution in [0.25, 0.3) is 11.3 Å². The molecule has 1 aromatic carbocycles. The van der Waals surface area contributed by atoms with Crippen molar-refractivity contribution < 1.29 is 5.11 Å². The van der Waals surface area contributed by atoms with Crippen molar-refractivity contribution in [3.8, 4) is 17.0 Å². The molecule has 2 heteroatoms. The van der Waals surface area contributed by atoms with Crippen LogP contribution in [0.5, 0.6) is 5.75 Å². The molecule has 1 heterocycles. The molecule has 3 rings (SSSR count). The molecular weight excluding hydrogens is 222 g/mol. The van der Waals surface area contributed by atoms with Gasteiger partial charge in [0.25, 0.3) is 0 Å². The number of phenolic OH excluding ortho intramolecular Hbond substituents is 1. The van der Waals surface area contributed by atoms with Gasteiger partial charge in [-0.2, -0.15) is 0 Å². The molecule has 0 aliphatic heterocycles. The van der Waals surface area contributed by atoms with E-state index in [9.17, 15) is 5.11 Å². The molecular formula is C16H19NO. The van der Waals surface area contributed by atoms with Crippen molar-refractivity contribution in [2.45, 2.75) is 32.1 Å². The van der Waals surface area contributed by atoms with Crippen molar-refractivity contribution in [1.82, 2.24) is 4.57 Å². The third-order valence-corrected chi connectivity index (χ3v) is 3.95. The smallest absolute Gasteiger partial charge is 0.116 e. The lowest BCUT2D eigenvalue weighted by Gasteiger charge is -2.08. The molecule has 0 saturated carbocycles. The number of rotatable bonds is 1. The molecule has 18 heavy (non-hydrogen) atoms. The summed E-state index contributed by atoms with van der Waals surface area (Å²) < 4.78 is 2.30. The third kappa shape index (κ3) is 1.92. The number of aromatic nitrogens is 1. The van der Waals surface area contributed by atoms with Crippen LogP contribution in [-0.4, -0.2) is 9.67 Å². The van der Waals surface area contributed by atoms with E-state index in [0.29, 0.717) is 5.75 Å². The van der Waals surface area contributed by atoms with Crippen molar-refractivity contribution in [2.24, 2.45) is 7.05 Å². The van der Waals surface area contributed by atoms with Crippen LogP contribution in [0.4, 0.5) is 0 Å². The maximum Gasteiger partial charge on any atom is 0.116 e. The lowest BCUT2D eigenvalue weighted by atomic mass is 10.1. The summed E-state index contributed by atoms with van der Waals surface area (Å²) in [4.78, 5) is 0. The fourth-order valence-electron chi connectivity index (χ4n) is 2.98. The second kappa shape index (κ2) is 4.52. The van der Waals surface area contributed by atoms with E-state index in [2.05, 4.69) is 23.7 Å². The van der Waals surface area contributed by atoms with Crippen LogP contribution in [0.3, 0.4) is 0 Å².